The predicted molar refractivity (Wildman–Crippen MR) is 49.1 cm³/mol. The van der Waals surface area contributed by atoms with Crippen molar-refractivity contribution in [3.63, 3.8) is 0 Å². The van der Waals surface area contributed by atoms with Gasteiger partial charge in [-0.3, -0.25) is 0 Å². The van der Waals surface area contributed by atoms with E-state index in [1.165, 1.54) is 12.8 Å². The first kappa shape index (κ1) is 8.92. The summed E-state index contributed by atoms with van der Waals surface area (Å²) in [5.41, 5.74) is 0. The lowest BCUT2D eigenvalue weighted by atomic mass is 9.76. The van der Waals surface area contributed by atoms with E-state index in [-0.39, 0.29) is 11.8 Å². The Morgan fingerprint density at radius 1 is 1.23 bits per heavy atom. The van der Waals surface area contributed by atoms with Crippen molar-refractivity contribution in [2.24, 2.45) is 29.6 Å². The number of rotatable bonds is 3. The molecule has 0 aliphatic heterocycles. The van der Waals surface area contributed by atoms with Crippen LogP contribution in [-0.4, -0.2) is 12.6 Å². The molecule has 2 aliphatic rings. The lowest BCUT2D eigenvalue weighted by molar-refractivity contribution is -0.116. The maximum atomic E-state index is 10.8. The Hall–Kier alpha value is -0.660. The maximum absolute atomic E-state index is 10.8. The zero-order valence-electron chi connectivity index (χ0n) is 7.98. The average Bonchev–Trinajstić information content (AvgIpc) is 2.74. The van der Waals surface area contributed by atoms with Gasteiger partial charge in [0.15, 0.2) is 0 Å². The number of hydrogen-bond acceptors (Lipinski definition) is 2. The number of carbonyl (C=O) groups excluding carboxylic acids is 2. The highest BCUT2D eigenvalue weighted by atomic mass is 16.1. The molecule has 2 fully saturated rings. The third-order valence-corrected chi connectivity index (χ3v) is 3.98. The molecule has 0 saturated heterocycles. The van der Waals surface area contributed by atoms with E-state index in [2.05, 4.69) is 0 Å². The highest BCUT2D eigenvalue weighted by Gasteiger charge is 2.47. The van der Waals surface area contributed by atoms with Gasteiger partial charge in [0.25, 0.3) is 0 Å². The summed E-state index contributed by atoms with van der Waals surface area (Å²) in [6, 6.07) is 0. The second-order valence-corrected chi connectivity index (χ2v) is 4.70. The van der Waals surface area contributed by atoms with Gasteiger partial charge in [0, 0.05) is 11.8 Å². The molecule has 0 radical (unpaired) electrons. The van der Waals surface area contributed by atoms with Crippen LogP contribution in [0.3, 0.4) is 0 Å². The van der Waals surface area contributed by atoms with Crippen molar-refractivity contribution in [2.75, 3.05) is 0 Å². The van der Waals surface area contributed by atoms with Crippen LogP contribution in [0.4, 0.5) is 0 Å². The predicted octanol–water partition coefficient (Wildman–Crippen LogP) is 1.68. The minimum Gasteiger partial charge on any atom is -0.303 e. The molecule has 0 heterocycles. The fourth-order valence-corrected chi connectivity index (χ4v) is 3.32. The minimum absolute atomic E-state index is 0.151. The molecule has 0 spiro atoms. The van der Waals surface area contributed by atoms with Crippen LogP contribution < -0.4 is 0 Å². The largest absolute Gasteiger partial charge is 0.303 e. The summed E-state index contributed by atoms with van der Waals surface area (Å²) in [7, 11) is 0. The molecule has 2 nitrogen and oxygen atoms in total. The van der Waals surface area contributed by atoms with Crippen LogP contribution in [0.1, 0.15) is 26.2 Å². The summed E-state index contributed by atoms with van der Waals surface area (Å²) < 4.78 is 0. The Kier molecular flexibility index (Phi) is 2.22. The summed E-state index contributed by atoms with van der Waals surface area (Å²) in [4.78, 5) is 21.4. The monoisotopic (exact) mass is 180 g/mol. The zero-order chi connectivity index (χ0) is 9.42. The Balaban J connectivity index is 2.09. The fourth-order valence-electron chi connectivity index (χ4n) is 3.32. The van der Waals surface area contributed by atoms with Crippen molar-refractivity contribution in [3.8, 4) is 0 Å². The maximum Gasteiger partial charge on any atom is 0.123 e. The van der Waals surface area contributed by atoms with Crippen LogP contribution in [-0.2, 0) is 9.59 Å². The summed E-state index contributed by atoms with van der Waals surface area (Å²) in [6.07, 6.45) is 5.60. The molecule has 2 heteroatoms. The molecule has 2 rings (SSSR count). The Labute approximate surface area is 78.7 Å². The molecule has 0 aromatic heterocycles. The van der Waals surface area contributed by atoms with Gasteiger partial charge >= 0.3 is 0 Å². The average molecular weight is 180 g/mol. The number of carbonyl (C=O) groups is 2. The highest BCUT2D eigenvalue weighted by Crippen LogP contribution is 2.53. The van der Waals surface area contributed by atoms with E-state index in [1.54, 1.807) is 0 Å². The lowest BCUT2D eigenvalue weighted by Gasteiger charge is -2.28. The molecule has 2 saturated carbocycles. The van der Waals surface area contributed by atoms with Crippen molar-refractivity contribution in [1.29, 1.82) is 0 Å². The zero-order valence-corrected chi connectivity index (χ0v) is 7.98. The van der Waals surface area contributed by atoms with E-state index in [4.69, 9.17) is 0 Å². The molecule has 1 unspecified atom stereocenters. The van der Waals surface area contributed by atoms with Crippen molar-refractivity contribution < 1.29 is 9.59 Å². The van der Waals surface area contributed by atoms with Gasteiger partial charge in [0.05, 0.1) is 0 Å². The summed E-state index contributed by atoms with van der Waals surface area (Å²) in [5.74, 6) is 2.14. The molecule has 72 valence electrons. The number of hydrogen-bond donors (Lipinski definition) is 0. The summed E-state index contributed by atoms with van der Waals surface area (Å²) in [6.45, 7) is 1.99. The molecular formula is C11H16O2. The molecule has 0 aromatic rings. The van der Waals surface area contributed by atoms with E-state index in [1.807, 2.05) is 6.92 Å². The Bertz CT molecular complexity index is 224. The van der Waals surface area contributed by atoms with Crippen LogP contribution >= 0.6 is 0 Å². The normalized spacial score (nSPS) is 44.7. The van der Waals surface area contributed by atoms with E-state index >= 15 is 0 Å². The van der Waals surface area contributed by atoms with Gasteiger partial charge in [-0.25, -0.2) is 0 Å². The molecule has 0 N–H and O–H groups in total. The smallest absolute Gasteiger partial charge is 0.123 e. The Morgan fingerprint density at radius 2 is 2.00 bits per heavy atom. The molecule has 2 bridgehead atoms. The quantitative estimate of drug-likeness (QED) is 0.619. The van der Waals surface area contributed by atoms with Gasteiger partial charge in [-0.15, -0.1) is 0 Å². The van der Waals surface area contributed by atoms with Gasteiger partial charge in [0.1, 0.15) is 12.6 Å². The van der Waals surface area contributed by atoms with Gasteiger partial charge in [0.2, 0.25) is 0 Å². The summed E-state index contributed by atoms with van der Waals surface area (Å²) >= 11 is 0. The lowest BCUT2D eigenvalue weighted by Crippen LogP contribution is -2.26. The molecule has 0 amide bonds. The van der Waals surface area contributed by atoms with E-state index in [0.29, 0.717) is 11.8 Å². The van der Waals surface area contributed by atoms with Crippen LogP contribution in [0.15, 0.2) is 0 Å². The topological polar surface area (TPSA) is 34.1 Å². The molecule has 2 aliphatic carbocycles. The van der Waals surface area contributed by atoms with Gasteiger partial charge in [-0.05, 0) is 37.0 Å². The van der Waals surface area contributed by atoms with Crippen LogP contribution in [0, 0.1) is 29.6 Å². The molecular weight excluding hydrogens is 164 g/mol. The SMILES string of the molecule is CC(C=O)[C@@H]1C[C@@H]2C[C@H]1[C@@H](C=O)C2. The van der Waals surface area contributed by atoms with Crippen molar-refractivity contribution in [1.82, 2.24) is 0 Å². The first-order valence-corrected chi connectivity index (χ1v) is 5.16. The third-order valence-electron chi connectivity index (χ3n) is 3.98. The first-order chi connectivity index (χ1) is 6.26. The molecule has 0 aromatic carbocycles. The first-order valence-electron chi connectivity index (χ1n) is 5.16. The van der Waals surface area contributed by atoms with Crippen molar-refractivity contribution >= 4 is 12.6 Å². The standard InChI is InChI=1S/C11H16O2/c1-7(5-12)10-3-8-2-9(6-13)11(10)4-8/h5-11H,2-4H2,1H3/t7?,8-,9-,10+,11+/m1/s1. The summed E-state index contributed by atoms with van der Waals surface area (Å²) in [5, 5.41) is 0. The van der Waals surface area contributed by atoms with Gasteiger partial charge in [-0.1, -0.05) is 6.92 Å². The van der Waals surface area contributed by atoms with Gasteiger partial charge in [-0.2, -0.15) is 0 Å². The van der Waals surface area contributed by atoms with E-state index < -0.39 is 0 Å². The van der Waals surface area contributed by atoms with E-state index in [0.717, 1.165) is 24.9 Å². The van der Waals surface area contributed by atoms with Crippen LogP contribution in [0.25, 0.3) is 0 Å². The second-order valence-electron chi connectivity index (χ2n) is 4.70. The third kappa shape index (κ3) is 1.32. The van der Waals surface area contributed by atoms with Crippen molar-refractivity contribution in [2.45, 2.75) is 26.2 Å². The second kappa shape index (κ2) is 3.24. The van der Waals surface area contributed by atoms with E-state index in [9.17, 15) is 9.59 Å². The van der Waals surface area contributed by atoms with Crippen LogP contribution in [0.2, 0.25) is 0 Å². The van der Waals surface area contributed by atoms with Crippen molar-refractivity contribution in [3.05, 3.63) is 0 Å². The highest BCUT2D eigenvalue weighted by molar-refractivity contribution is 5.57. The molecule has 5 atom stereocenters. The minimum atomic E-state index is 0.151. The fraction of sp³-hybridized carbons (Fsp3) is 0.818. The van der Waals surface area contributed by atoms with Gasteiger partial charge < -0.3 is 9.59 Å². The number of aldehydes is 2. The van der Waals surface area contributed by atoms with Crippen LogP contribution in [0.5, 0.6) is 0 Å². The number of fused-ring (bicyclic) bond motifs is 2. The Morgan fingerprint density at radius 3 is 2.54 bits per heavy atom. The molecule has 13 heavy (non-hydrogen) atoms.